The van der Waals surface area contributed by atoms with Gasteiger partial charge in [0.2, 0.25) is 5.91 Å². The van der Waals surface area contributed by atoms with E-state index < -0.39 is 11.7 Å². The van der Waals surface area contributed by atoms with Crippen LogP contribution in [0.2, 0.25) is 10.0 Å². The first kappa shape index (κ1) is 31.2. The minimum Gasteiger partial charge on any atom is -0.352 e. The topological polar surface area (TPSA) is 49.4 Å². The van der Waals surface area contributed by atoms with Crippen LogP contribution in [0.4, 0.5) is 13.2 Å². The molecule has 0 bridgehead atoms. The van der Waals surface area contributed by atoms with Crippen molar-refractivity contribution < 1.29 is 22.8 Å². The van der Waals surface area contributed by atoms with Gasteiger partial charge >= 0.3 is 6.18 Å². The smallest absolute Gasteiger partial charge is 0.352 e. The number of alkyl halides is 3. The summed E-state index contributed by atoms with van der Waals surface area (Å²) in [6, 6.07) is 18.3. The van der Waals surface area contributed by atoms with E-state index in [1.807, 2.05) is 50.2 Å². The number of carbonyl (C=O) groups is 2. The van der Waals surface area contributed by atoms with Crippen LogP contribution in [0.15, 0.2) is 66.7 Å². The van der Waals surface area contributed by atoms with Gasteiger partial charge < -0.3 is 10.2 Å². The van der Waals surface area contributed by atoms with Gasteiger partial charge in [-0.2, -0.15) is 13.2 Å². The van der Waals surface area contributed by atoms with Crippen molar-refractivity contribution in [1.29, 1.82) is 0 Å². The Kier molecular flexibility index (Phi) is 11.7. The SMILES string of the molecule is CC(=O)NC1CCN(C(=O)c2ccc(C)cc2)C1.Cc1ccc(C(F)(F)F)cc1.Cc1ccc(Cl)c(Cl)c1. The summed E-state index contributed by atoms with van der Waals surface area (Å²) in [4.78, 5) is 25.0. The minimum absolute atomic E-state index is 0.0374. The Morgan fingerprint density at radius 1 is 0.842 bits per heavy atom. The van der Waals surface area contributed by atoms with E-state index in [1.54, 1.807) is 17.9 Å². The van der Waals surface area contributed by atoms with Crippen LogP contribution in [0.5, 0.6) is 0 Å². The van der Waals surface area contributed by atoms with Crippen molar-refractivity contribution in [2.24, 2.45) is 0 Å². The van der Waals surface area contributed by atoms with Crippen molar-refractivity contribution in [2.75, 3.05) is 13.1 Å². The number of amides is 2. The maximum Gasteiger partial charge on any atom is 0.416 e. The van der Waals surface area contributed by atoms with Gasteiger partial charge in [-0.05, 0) is 69.2 Å². The number of benzene rings is 3. The summed E-state index contributed by atoms with van der Waals surface area (Å²) in [5.74, 6) is 0.00693. The molecule has 1 atom stereocenters. The molecule has 1 aliphatic rings. The number of nitrogens with one attached hydrogen (secondary N) is 1. The summed E-state index contributed by atoms with van der Waals surface area (Å²) in [5.41, 5.74) is 3.22. The van der Waals surface area contributed by atoms with Crippen molar-refractivity contribution in [3.05, 3.63) is 105 Å². The summed E-state index contributed by atoms with van der Waals surface area (Å²) < 4.78 is 35.8. The third-order valence-electron chi connectivity index (χ3n) is 5.64. The summed E-state index contributed by atoms with van der Waals surface area (Å²) in [5, 5.41) is 4.09. The monoisotopic (exact) mass is 566 g/mol. The molecule has 0 aromatic heterocycles. The molecule has 2 amide bonds. The fourth-order valence-corrected chi connectivity index (χ4v) is 3.93. The number of nitrogens with zero attached hydrogens (tertiary/aromatic N) is 1. The summed E-state index contributed by atoms with van der Waals surface area (Å²) in [7, 11) is 0. The molecule has 0 saturated carbocycles. The maximum atomic E-state index is 12.2. The lowest BCUT2D eigenvalue weighted by Crippen LogP contribution is -2.37. The van der Waals surface area contributed by atoms with E-state index in [4.69, 9.17) is 23.2 Å². The quantitative estimate of drug-likeness (QED) is 0.346. The van der Waals surface area contributed by atoms with Crippen molar-refractivity contribution in [1.82, 2.24) is 10.2 Å². The second kappa shape index (κ2) is 14.2. The van der Waals surface area contributed by atoms with Crippen LogP contribution < -0.4 is 5.32 Å². The molecule has 1 aliphatic heterocycles. The average molecular weight is 567 g/mol. The summed E-state index contributed by atoms with van der Waals surface area (Å²) in [6.45, 7) is 8.54. The Bertz CT molecular complexity index is 1210. The highest BCUT2D eigenvalue weighted by molar-refractivity contribution is 6.42. The first-order chi connectivity index (χ1) is 17.8. The maximum absolute atomic E-state index is 12.2. The highest BCUT2D eigenvalue weighted by Gasteiger charge is 2.29. The Morgan fingerprint density at radius 3 is 1.84 bits per heavy atom. The Hall–Kier alpha value is -3.03. The van der Waals surface area contributed by atoms with Gasteiger partial charge in [-0.1, -0.05) is 64.7 Å². The molecule has 9 heteroatoms. The average Bonchev–Trinajstić information content (AvgIpc) is 3.30. The number of hydrogen-bond acceptors (Lipinski definition) is 2. The number of rotatable bonds is 2. The van der Waals surface area contributed by atoms with Gasteiger partial charge in [-0.25, -0.2) is 0 Å². The van der Waals surface area contributed by atoms with Gasteiger partial charge in [0, 0.05) is 31.6 Å². The van der Waals surface area contributed by atoms with Gasteiger partial charge in [0.05, 0.1) is 15.6 Å². The van der Waals surface area contributed by atoms with E-state index in [0.29, 0.717) is 28.7 Å². The Morgan fingerprint density at radius 2 is 1.37 bits per heavy atom. The minimum atomic E-state index is -4.21. The van der Waals surface area contributed by atoms with Gasteiger partial charge in [0.1, 0.15) is 0 Å². The van der Waals surface area contributed by atoms with Crippen LogP contribution in [0.1, 0.15) is 46.0 Å². The highest BCUT2D eigenvalue weighted by Crippen LogP contribution is 2.28. The highest BCUT2D eigenvalue weighted by atomic mass is 35.5. The van der Waals surface area contributed by atoms with Gasteiger partial charge in [0.25, 0.3) is 5.91 Å². The van der Waals surface area contributed by atoms with Crippen LogP contribution in [0, 0.1) is 20.8 Å². The molecular weight excluding hydrogens is 536 g/mol. The fourth-order valence-electron chi connectivity index (χ4n) is 3.57. The molecule has 1 N–H and O–H groups in total. The molecule has 1 saturated heterocycles. The predicted molar refractivity (Wildman–Crippen MR) is 147 cm³/mol. The van der Waals surface area contributed by atoms with Crippen molar-refractivity contribution >= 4 is 35.0 Å². The first-order valence-electron chi connectivity index (χ1n) is 11.9. The standard InChI is InChI=1S/C14H18N2O2.C8H7F3.C7H6Cl2/c1-10-3-5-12(6-4-10)14(18)16-8-7-13(9-16)15-11(2)17;1-6-2-4-7(5-3-6)8(9,10)11;1-5-2-3-6(8)7(9)4-5/h3-6,13H,7-9H2,1-2H3,(H,15,17);2-5H,1H3;2-4H,1H3. The lowest BCUT2D eigenvalue weighted by atomic mass is 10.1. The molecule has 1 fully saturated rings. The number of carbonyl (C=O) groups excluding carboxylic acids is 2. The fraction of sp³-hybridized carbons (Fsp3) is 0.310. The molecule has 4 rings (SSSR count). The van der Waals surface area contributed by atoms with E-state index in [0.717, 1.165) is 35.2 Å². The normalized spacial score (nSPS) is 14.6. The molecular formula is C29H31Cl2F3N2O2. The van der Waals surface area contributed by atoms with Crippen LogP contribution in [0.3, 0.4) is 0 Å². The number of hydrogen-bond donors (Lipinski definition) is 1. The molecule has 1 heterocycles. The second-order valence-corrected chi connectivity index (χ2v) is 9.90. The van der Waals surface area contributed by atoms with Crippen molar-refractivity contribution in [2.45, 2.75) is 46.3 Å². The third kappa shape index (κ3) is 10.4. The molecule has 0 spiro atoms. The summed E-state index contributed by atoms with van der Waals surface area (Å²) in [6.07, 6.45) is -3.38. The van der Waals surface area contributed by atoms with E-state index >= 15 is 0 Å². The van der Waals surface area contributed by atoms with Crippen molar-refractivity contribution in [3.63, 3.8) is 0 Å². The van der Waals surface area contributed by atoms with Crippen LogP contribution in [-0.2, 0) is 11.0 Å². The van der Waals surface area contributed by atoms with Crippen LogP contribution in [-0.4, -0.2) is 35.8 Å². The number of likely N-dealkylation sites (tertiary alicyclic amines) is 1. The van der Waals surface area contributed by atoms with Gasteiger partial charge in [-0.3, -0.25) is 9.59 Å². The lowest BCUT2D eigenvalue weighted by molar-refractivity contribution is -0.137. The van der Waals surface area contributed by atoms with E-state index in [-0.39, 0.29) is 17.9 Å². The van der Waals surface area contributed by atoms with E-state index in [1.165, 1.54) is 19.1 Å². The molecule has 3 aromatic rings. The largest absolute Gasteiger partial charge is 0.416 e. The van der Waals surface area contributed by atoms with E-state index in [2.05, 4.69) is 5.32 Å². The Labute approximate surface area is 231 Å². The molecule has 204 valence electrons. The third-order valence-corrected chi connectivity index (χ3v) is 6.37. The molecule has 38 heavy (non-hydrogen) atoms. The number of aryl methyl sites for hydroxylation is 3. The van der Waals surface area contributed by atoms with Crippen LogP contribution in [0.25, 0.3) is 0 Å². The van der Waals surface area contributed by atoms with Gasteiger partial charge in [-0.15, -0.1) is 0 Å². The van der Waals surface area contributed by atoms with Crippen LogP contribution >= 0.6 is 23.2 Å². The zero-order chi connectivity index (χ0) is 28.5. The van der Waals surface area contributed by atoms with Gasteiger partial charge in [0.15, 0.2) is 0 Å². The molecule has 0 radical (unpaired) electrons. The molecule has 3 aromatic carbocycles. The first-order valence-corrected chi connectivity index (χ1v) is 12.7. The zero-order valence-electron chi connectivity index (χ0n) is 21.7. The second-order valence-electron chi connectivity index (χ2n) is 9.08. The molecule has 4 nitrogen and oxygen atoms in total. The predicted octanol–water partition coefficient (Wildman–Crippen LogP) is 7.66. The lowest BCUT2D eigenvalue weighted by Gasteiger charge is -2.17. The molecule has 1 unspecified atom stereocenters. The molecule has 0 aliphatic carbocycles. The summed E-state index contributed by atoms with van der Waals surface area (Å²) >= 11 is 11.3. The van der Waals surface area contributed by atoms with E-state index in [9.17, 15) is 22.8 Å². The number of halogens is 5. The Balaban J connectivity index is 0.000000217. The van der Waals surface area contributed by atoms with Crippen molar-refractivity contribution in [3.8, 4) is 0 Å². The zero-order valence-corrected chi connectivity index (χ0v) is 23.2.